The molecule has 0 aromatic heterocycles. The normalized spacial score (nSPS) is 20.9. The second-order valence-corrected chi connectivity index (χ2v) is 5.65. The van der Waals surface area contributed by atoms with E-state index in [9.17, 15) is 4.79 Å². The van der Waals surface area contributed by atoms with Gasteiger partial charge in [-0.2, -0.15) is 0 Å². The van der Waals surface area contributed by atoms with Crippen molar-refractivity contribution in [2.24, 2.45) is 11.1 Å². The van der Waals surface area contributed by atoms with E-state index in [4.69, 9.17) is 5.73 Å². The van der Waals surface area contributed by atoms with Gasteiger partial charge in [-0.1, -0.05) is 0 Å². The molecule has 1 aliphatic carbocycles. The molecule has 2 rings (SSSR count). The van der Waals surface area contributed by atoms with Crippen LogP contribution in [0.25, 0.3) is 0 Å². The van der Waals surface area contributed by atoms with E-state index in [-0.39, 0.29) is 30.7 Å². The summed E-state index contributed by atoms with van der Waals surface area (Å²) in [5.41, 5.74) is 5.24. The number of hydrogen-bond donors (Lipinski definition) is 1. The van der Waals surface area contributed by atoms with Crippen LogP contribution in [0.3, 0.4) is 0 Å². The van der Waals surface area contributed by atoms with Gasteiger partial charge in [-0.25, -0.2) is 0 Å². The molecular formula is C12H25Cl2N3O. The van der Waals surface area contributed by atoms with Crippen molar-refractivity contribution < 1.29 is 4.79 Å². The molecular weight excluding hydrogens is 273 g/mol. The molecule has 1 heterocycles. The second-order valence-electron chi connectivity index (χ2n) is 5.65. The molecule has 1 amide bonds. The number of amides is 1. The minimum absolute atomic E-state index is 0. The van der Waals surface area contributed by atoms with Crippen molar-refractivity contribution in [3.63, 3.8) is 0 Å². The summed E-state index contributed by atoms with van der Waals surface area (Å²) < 4.78 is 0. The molecule has 0 atom stereocenters. The Morgan fingerprint density at radius 3 is 2.06 bits per heavy atom. The summed E-state index contributed by atoms with van der Waals surface area (Å²) in [6.45, 7) is 8.12. The summed E-state index contributed by atoms with van der Waals surface area (Å²) in [6.07, 6.45) is 2.70. The van der Waals surface area contributed by atoms with Gasteiger partial charge in [0.2, 0.25) is 5.91 Å². The van der Waals surface area contributed by atoms with Gasteiger partial charge in [0.25, 0.3) is 0 Å². The highest BCUT2D eigenvalue weighted by Crippen LogP contribution is 2.28. The minimum atomic E-state index is -0.401. The van der Waals surface area contributed by atoms with Gasteiger partial charge < -0.3 is 10.6 Å². The predicted molar refractivity (Wildman–Crippen MR) is 78.5 cm³/mol. The van der Waals surface area contributed by atoms with Crippen LogP contribution in [-0.4, -0.2) is 54.5 Å². The number of carbonyl (C=O) groups excluding carboxylic acids is 1. The summed E-state index contributed by atoms with van der Waals surface area (Å²) in [7, 11) is 0. The Hall–Kier alpha value is -0.0300. The molecule has 0 bridgehead atoms. The van der Waals surface area contributed by atoms with Crippen molar-refractivity contribution in [1.29, 1.82) is 0 Å². The minimum Gasteiger partial charge on any atom is -0.340 e. The fraction of sp³-hybridized carbons (Fsp3) is 0.917. The van der Waals surface area contributed by atoms with Crippen molar-refractivity contribution in [3.05, 3.63) is 0 Å². The molecule has 2 aliphatic rings. The van der Waals surface area contributed by atoms with Crippen LogP contribution in [0.15, 0.2) is 0 Å². The zero-order valence-electron chi connectivity index (χ0n) is 11.2. The van der Waals surface area contributed by atoms with Crippen LogP contribution >= 0.6 is 24.8 Å². The topological polar surface area (TPSA) is 49.6 Å². The monoisotopic (exact) mass is 297 g/mol. The summed E-state index contributed by atoms with van der Waals surface area (Å²) >= 11 is 0. The third-order valence-corrected chi connectivity index (χ3v) is 3.75. The Labute approximate surface area is 122 Å². The molecule has 2 N–H and O–H groups in total. The Morgan fingerprint density at radius 2 is 1.67 bits per heavy atom. The van der Waals surface area contributed by atoms with Crippen LogP contribution in [0, 0.1) is 5.41 Å². The van der Waals surface area contributed by atoms with Gasteiger partial charge in [-0.3, -0.25) is 9.69 Å². The lowest BCUT2D eigenvalue weighted by Crippen LogP contribution is -2.53. The molecule has 0 unspecified atom stereocenters. The van der Waals surface area contributed by atoms with Crippen LogP contribution < -0.4 is 5.73 Å². The maximum atomic E-state index is 12.2. The number of nitrogens with two attached hydrogens (primary N) is 1. The Morgan fingerprint density at radius 1 is 1.17 bits per heavy atom. The van der Waals surface area contributed by atoms with E-state index in [0.29, 0.717) is 6.54 Å². The molecule has 2 fully saturated rings. The largest absolute Gasteiger partial charge is 0.340 e. The summed E-state index contributed by atoms with van der Waals surface area (Å²) in [6, 6.07) is 0.819. The van der Waals surface area contributed by atoms with Crippen molar-refractivity contribution >= 4 is 30.7 Å². The summed E-state index contributed by atoms with van der Waals surface area (Å²) in [4.78, 5) is 16.7. The fourth-order valence-electron chi connectivity index (χ4n) is 2.25. The van der Waals surface area contributed by atoms with Crippen LogP contribution in [0.2, 0.25) is 0 Å². The standard InChI is InChI=1S/C12H23N3O.2ClH/c1-12(2,9-13)11(16)15-7-5-14(6-8-15)10-3-4-10;;/h10H,3-9,13H2,1-2H3;2*1H. The number of rotatable bonds is 3. The molecule has 4 nitrogen and oxygen atoms in total. The van der Waals surface area contributed by atoms with Gasteiger partial charge in [0.05, 0.1) is 5.41 Å². The quantitative estimate of drug-likeness (QED) is 0.849. The molecule has 18 heavy (non-hydrogen) atoms. The van der Waals surface area contributed by atoms with Crippen molar-refractivity contribution in [2.75, 3.05) is 32.7 Å². The first-order valence-electron chi connectivity index (χ1n) is 6.28. The number of nitrogens with zero attached hydrogens (tertiary/aromatic N) is 2. The van der Waals surface area contributed by atoms with E-state index >= 15 is 0 Å². The molecule has 1 saturated carbocycles. The van der Waals surface area contributed by atoms with Gasteiger partial charge in [0, 0.05) is 38.8 Å². The van der Waals surface area contributed by atoms with Gasteiger partial charge in [-0.05, 0) is 26.7 Å². The first-order chi connectivity index (χ1) is 7.54. The van der Waals surface area contributed by atoms with Crippen molar-refractivity contribution in [3.8, 4) is 0 Å². The van der Waals surface area contributed by atoms with Crippen molar-refractivity contribution in [1.82, 2.24) is 9.80 Å². The SMILES string of the molecule is CC(C)(CN)C(=O)N1CCN(C2CC2)CC1.Cl.Cl. The number of hydrogen-bond acceptors (Lipinski definition) is 3. The Bertz CT molecular complexity index is 274. The number of halogens is 2. The molecule has 1 saturated heterocycles. The Kier molecular flexibility index (Phi) is 6.93. The summed E-state index contributed by atoms with van der Waals surface area (Å²) in [5, 5.41) is 0. The smallest absolute Gasteiger partial charge is 0.229 e. The molecule has 108 valence electrons. The van der Waals surface area contributed by atoms with E-state index in [1.807, 2.05) is 18.7 Å². The third kappa shape index (κ3) is 3.98. The van der Waals surface area contributed by atoms with Crippen LogP contribution in [-0.2, 0) is 4.79 Å². The van der Waals surface area contributed by atoms with E-state index in [0.717, 1.165) is 32.2 Å². The number of piperazine rings is 1. The molecule has 0 aromatic carbocycles. The van der Waals surface area contributed by atoms with Gasteiger partial charge in [0.15, 0.2) is 0 Å². The molecule has 0 radical (unpaired) electrons. The van der Waals surface area contributed by atoms with Crippen LogP contribution in [0.1, 0.15) is 26.7 Å². The van der Waals surface area contributed by atoms with E-state index in [1.54, 1.807) is 0 Å². The maximum Gasteiger partial charge on any atom is 0.229 e. The first-order valence-corrected chi connectivity index (χ1v) is 6.28. The van der Waals surface area contributed by atoms with E-state index in [1.165, 1.54) is 12.8 Å². The first kappa shape index (κ1) is 18.0. The lowest BCUT2D eigenvalue weighted by atomic mass is 9.91. The third-order valence-electron chi connectivity index (χ3n) is 3.75. The second kappa shape index (κ2) is 6.94. The zero-order valence-corrected chi connectivity index (χ0v) is 12.9. The van der Waals surface area contributed by atoms with Gasteiger partial charge >= 0.3 is 0 Å². The molecule has 0 aromatic rings. The predicted octanol–water partition coefficient (Wildman–Crippen LogP) is 1.12. The molecule has 0 spiro atoms. The lowest BCUT2D eigenvalue weighted by molar-refractivity contribution is -0.141. The van der Waals surface area contributed by atoms with Crippen LogP contribution in [0.5, 0.6) is 0 Å². The number of carbonyl (C=O) groups is 1. The molecule has 1 aliphatic heterocycles. The highest BCUT2D eigenvalue weighted by molar-refractivity contribution is 5.85. The van der Waals surface area contributed by atoms with E-state index in [2.05, 4.69) is 4.90 Å². The highest BCUT2D eigenvalue weighted by Gasteiger charge is 2.35. The van der Waals surface area contributed by atoms with Gasteiger partial charge in [0.1, 0.15) is 0 Å². The van der Waals surface area contributed by atoms with E-state index < -0.39 is 5.41 Å². The maximum absolute atomic E-state index is 12.2. The highest BCUT2D eigenvalue weighted by atomic mass is 35.5. The van der Waals surface area contributed by atoms with Crippen molar-refractivity contribution in [2.45, 2.75) is 32.7 Å². The Balaban J connectivity index is 0.00000144. The average Bonchev–Trinajstić information content (AvgIpc) is 3.12. The van der Waals surface area contributed by atoms with Crippen LogP contribution in [0.4, 0.5) is 0 Å². The lowest BCUT2D eigenvalue weighted by Gasteiger charge is -2.38. The summed E-state index contributed by atoms with van der Waals surface area (Å²) in [5.74, 6) is 0.213. The molecule has 6 heteroatoms. The fourth-order valence-corrected chi connectivity index (χ4v) is 2.25. The zero-order chi connectivity index (χ0) is 11.8. The average molecular weight is 298 g/mol. The van der Waals surface area contributed by atoms with Gasteiger partial charge in [-0.15, -0.1) is 24.8 Å².